The Morgan fingerprint density at radius 1 is 1.26 bits per heavy atom. The number of fused-ring (bicyclic) bond motifs is 2. The molecule has 0 radical (unpaired) electrons. The van der Waals surface area contributed by atoms with Crippen molar-refractivity contribution in [3.8, 4) is 5.69 Å². The van der Waals surface area contributed by atoms with Gasteiger partial charge in [0.25, 0.3) is 0 Å². The van der Waals surface area contributed by atoms with Gasteiger partial charge in [-0.2, -0.15) is 5.10 Å². The van der Waals surface area contributed by atoms with Crippen LogP contribution in [0.2, 0.25) is 0 Å². The molecule has 4 rings (SSSR count). The highest BCUT2D eigenvalue weighted by Crippen LogP contribution is 2.42. The molecule has 2 atom stereocenters. The number of rotatable bonds is 3. The normalized spacial score (nSPS) is 26.9. The van der Waals surface area contributed by atoms with E-state index >= 15 is 0 Å². The van der Waals surface area contributed by atoms with Gasteiger partial charge in [0.15, 0.2) is 0 Å². The second kappa shape index (κ2) is 7.98. The number of aromatic nitrogens is 2. The molecule has 7 heteroatoms. The molecule has 0 spiro atoms. The van der Waals surface area contributed by atoms with Gasteiger partial charge in [-0.15, -0.1) is 12.4 Å². The number of nitrogens with zero attached hydrogens (tertiary/aromatic N) is 2. The van der Waals surface area contributed by atoms with Crippen LogP contribution in [0.3, 0.4) is 0 Å². The van der Waals surface area contributed by atoms with Crippen molar-refractivity contribution in [1.82, 2.24) is 9.78 Å². The molecule has 0 aliphatic heterocycles. The first-order valence-corrected chi connectivity index (χ1v) is 9.40. The van der Waals surface area contributed by atoms with Crippen molar-refractivity contribution in [1.29, 1.82) is 0 Å². The lowest BCUT2D eigenvalue weighted by Gasteiger charge is -2.43. The number of halogens is 2. The molecule has 0 saturated heterocycles. The number of carbonyl (C=O) groups is 1. The molecule has 2 bridgehead atoms. The molecule has 2 aliphatic carbocycles. The smallest absolute Gasteiger partial charge is 0.227 e. The van der Waals surface area contributed by atoms with E-state index in [-0.39, 0.29) is 36.1 Å². The quantitative estimate of drug-likeness (QED) is 0.833. The van der Waals surface area contributed by atoms with E-state index in [1.165, 1.54) is 17.2 Å². The molecule has 3 N–H and O–H groups in total. The molecular formula is C20H26ClFN4O. The van der Waals surface area contributed by atoms with Crippen molar-refractivity contribution in [3.05, 3.63) is 42.0 Å². The van der Waals surface area contributed by atoms with Gasteiger partial charge in [0.05, 0.1) is 17.6 Å². The van der Waals surface area contributed by atoms with Crippen molar-refractivity contribution < 1.29 is 9.18 Å². The van der Waals surface area contributed by atoms with E-state index in [0.29, 0.717) is 23.2 Å². The van der Waals surface area contributed by atoms with E-state index in [0.717, 1.165) is 31.4 Å². The zero-order valence-corrected chi connectivity index (χ0v) is 16.2. The zero-order chi connectivity index (χ0) is 18.3. The summed E-state index contributed by atoms with van der Waals surface area (Å²) in [5.41, 5.74) is 8.06. The van der Waals surface area contributed by atoms with Crippen LogP contribution in [-0.2, 0) is 4.79 Å². The Balaban J connectivity index is 0.00000210. The standard InChI is InChI=1S/C20H25FN4O.ClH/c1-12-17(11-23-25(12)18-8-3-2-7-16(18)21)24-20(26)15-9-13-5-4-6-14(10-15)19(13)22;/h2-3,7-8,11,13-15,19H,4-6,9-10,22H2,1H3,(H,24,26);1H. The van der Waals surface area contributed by atoms with Crippen molar-refractivity contribution in [2.45, 2.75) is 45.1 Å². The summed E-state index contributed by atoms with van der Waals surface area (Å²) in [5.74, 6) is 0.609. The van der Waals surface area contributed by atoms with E-state index in [9.17, 15) is 9.18 Å². The lowest BCUT2D eigenvalue weighted by Crippen LogP contribution is -2.48. The van der Waals surface area contributed by atoms with Gasteiger partial charge in [0.2, 0.25) is 5.91 Å². The van der Waals surface area contributed by atoms with Gasteiger partial charge in [0, 0.05) is 12.0 Å². The fraction of sp³-hybridized carbons (Fsp3) is 0.500. The van der Waals surface area contributed by atoms with Crippen LogP contribution in [0, 0.1) is 30.5 Å². The summed E-state index contributed by atoms with van der Waals surface area (Å²) >= 11 is 0. The van der Waals surface area contributed by atoms with Crippen molar-refractivity contribution in [2.75, 3.05) is 5.32 Å². The predicted octanol–water partition coefficient (Wildman–Crippen LogP) is 3.83. The molecule has 2 saturated carbocycles. The summed E-state index contributed by atoms with van der Waals surface area (Å²) in [6.07, 6.45) is 6.81. The largest absolute Gasteiger partial charge is 0.327 e. The molecule has 27 heavy (non-hydrogen) atoms. The van der Waals surface area contributed by atoms with Gasteiger partial charge < -0.3 is 11.1 Å². The zero-order valence-electron chi connectivity index (χ0n) is 15.4. The average molecular weight is 393 g/mol. The van der Waals surface area contributed by atoms with Gasteiger partial charge >= 0.3 is 0 Å². The minimum Gasteiger partial charge on any atom is -0.327 e. The minimum absolute atomic E-state index is 0. The van der Waals surface area contributed by atoms with E-state index in [4.69, 9.17) is 5.73 Å². The van der Waals surface area contributed by atoms with Crippen LogP contribution in [0.15, 0.2) is 30.5 Å². The second-order valence-corrected chi connectivity index (χ2v) is 7.69. The summed E-state index contributed by atoms with van der Waals surface area (Å²) in [6, 6.07) is 6.73. The third-order valence-corrected chi connectivity index (χ3v) is 6.13. The van der Waals surface area contributed by atoms with Crippen LogP contribution in [0.25, 0.3) is 5.69 Å². The highest BCUT2D eigenvalue weighted by molar-refractivity contribution is 5.93. The first-order chi connectivity index (χ1) is 12.5. The van der Waals surface area contributed by atoms with Gasteiger partial charge in [-0.3, -0.25) is 4.79 Å². The maximum atomic E-state index is 14.0. The summed E-state index contributed by atoms with van der Waals surface area (Å²) in [7, 11) is 0. The highest BCUT2D eigenvalue weighted by atomic mass is 35.5. The number of anilines is 1. The molecule has 2 aliphatic rings. The maximum absolute atomic E-state index is 14.0. The topological polar surface area (TPSA) is 72.9 Å². The Morgan fingerprint density at radius 2 is 1.93 bits per heavy atom. The molecule has 1 aromatic heterocycles. The van der Waals surface area contributed by atoms with E-state index < -0.39 is 0 Å². The second-order valence-electron chi connectivity index (χ2n) is 7.69. The Labute approximate surface area is 164 Å². The number of carbonyl (C=O) groups excluding carboxylic acids is 1. The Bertz CT molecular complexity index is 810. The monoisotopic (exact) mass is 392 g/mol. The van der Waals surface area contributed by atoms with Crippen LogP contribution in [0.4, 0.5) is 10.1 Å². The lowest BCUT2D eigenvalue weighted by molar-refractivity contribution is -0.122. The third-order valence-electron chi connectivity index (χ3n) is 6.13. The van der Waals surface area contributed by atoms with E-state index in [2.05, 4.69) is 10.4 Å². The number of hydrogen-bond donors (Lipinski definition) is 2. The first kappa shape index (κ1) is 19.8. The van der Waals surface area contributed by atoms with E-state index in [1.807, 2.05) is 6.92 Å². The van der Waals surface area contributed by atoms with Crippen molar-refractivity contribution in [3.63, 3.8) is 0 Å². The summed E-state index contributed by atoms with van der Waals surface area (Å²) in [5, 5.41) is 7.26. The summed E-state index contributed by atoms with van der Waals surface area (Å²) in [6.45, 7) is 1.83. The lowest BCUT2D eigenvalue weighted by atomic mass is 9.65. The molecule has 1 heterocycles. The van der Waals surface area contributed by atoms with E-state index in [1.54, 1.807) is 24.4 Å². The SMILES string of the molecule is Cc1c(NC(=O)C2CC3CCCC(C2)C3N)cnn1-c1ccccc1F.Cl. The number of para-hydroxylation sites is 1. The maximum Gasteiger partial charge on any atom is 0.227 e. The molecule has 2 aromatic rings. The van der Waals surface area contributed by atoms with Crippen molar-refractivity contribution in [2.24, 2.45) is 23.5 Å². The molecule has 146 valence electrons. The van der Waals surface area contributed by atoms with Crippen LogP contribution in [-0.4, -0.2) is 21.7 Å². The van der Waals surface area contributed by atoms with Gasteiger partial charge in [-0.05, 0) is 56.6 Å². The fourth-order valence-electron chi connectivity index (χ4n) is 4.64. The molecule has 1 amide bonds. The van der Waals surface area contributed by atoms with Crippen LogP contribution in [0.1, 0.15) is 37.8 Å². The molecule has 1 aromatic carbocycles. The number of benzene rings is 1. The van der Waals surface area contributed by atoms with Crippen LogP contribution < -0.4 is 11.1 Å². The molecule has 5 nitrogen and oxygen atoms in total. The number of nitrogens with one attached hydrogen (secondary N) is 1. The fourth-order valence-corrected chi connectivity index (χ4v) is 4.64. The van der Waals surface area contributed by atoms with Crippen LogP contribution in [0.5, 0.6) is 0 Å². The number of nitrogens with two attached hydrogens (primary N) is 1. The summed E-state index contributed by atoms with van der Waals surface area (Å²) in [4.78, 5) is 12.8. The van der Waals surface area contributed by atoms with Gasteiger partial charge in [0.1, 0.15) is 11.5 Å². The van der Waals surface area contributed by atoms with Crippen molar-refractivity contribution >= 4 is 24.0 Å². The average Bonchev–Trinajstić information content (AvgIpc) is 2.95. The Morgan fingerprint density at radius 3 is 2.59 bits per heavy atom. The number of hydrogen-bond acceptors (Lipinski definition) is 3. The first-order valence-electron chi connectivity index (χ1n) is 9.40. The van der Waals surface area contributed by atoms with Gasteiger partial charge in [-0.25, -0.2) is 9.07 Å². The van der Waals surface area contributed by atoms with Crippen LogP contribution >= 0.6 is 12.4 Å². The molecule has 2 fully saturated rings. The Kier molecular flexibility index (Phi) is 5.86. The Hall–Kier alpha value is -1.92. The van der Waals surface area contributed by atoms with Gasteiger partial charge in [-0.1, -0.05) is 18.6 Å². The minimum atomic E-state index is -0.342. The molecular weight excluding hydrogens is 367 g/mol. The molecule has 2 unspecified atom stereocenters. The summed E-state index contributed by atoms with van der Waals surface area (Å²) < 4.78 is 15.6. The highest BCUT2D eigenvalue weighted by Gasteiger charge is 2.40. The third kappa shape index (κ3) is 3.73. The number of amides is 1. The predicted molar refractivity (Wildman–Crippen MR) is 106 cm³/mol.